The van der Waals surface area contributed by atoms with E-state index in [2.05, 4.69) is 20.6 Å². The molecule has 0 bridgehead atoms. The van der Waals surface area contributed by atoms with Gasteiger partial charge >= 0.3 is 6.09 Å². The Morgan fingerprint density at radius 1 is 0.969 bits per heavy atom. The van der Waals surface area contributed by atoms with Gasteiger partial charge in [0.25, 0.3) is 0 Å². The van der Waals surface area contributed by atoms with Crippen LogP contribution in [-0.2, 0) is 27.4 Å². The molecule has 1 aromatic heterocycles. The van der Waals surface area contributed by atoms with E-state index in [1.807, 2.05) is 18.2 Å². The number of primary amides is 1. The van der Waals surface area contributed by atoms with Crippen molar-refractivity contribution in [1.82, 2.24) is 20.6 Å². The summed E-state index contributed by atoms with van der Waals surface area (Å²) in [6.45, 7) is -0.704. The van der Waals surface area contributed by atoms with Crippen molar-refractivity contribution in [2.24, 2.45) is 5.73 Å². The first-order valence-electron chi connectivity index (χ1n) is 9.84. The highest BCUT2D eigenvalue weighted by molar-refractivity contribution is 5.91. The van der Waals surface area contributed by atoms with Crippen molar-refractivity contribution in [3.63, 3.8) is 0 Å². The van der Waals surface area contributed by atoms with E-state index >= 15 is 0 Å². The lowest BCUT2D eigenvalue weighted by Gasteiger charge is -2.20. The molecule has 5 N–H and O–H groups in total. The highest BCUT2D eigenvalue weighted by Gasteiger charge is 2.26. The predicted molar refractivity (Wildman–Crippen MR) is 115 cm³/mol. The number of carbonyl (C=O) groups excluding carboxylic acids is 3. The maximum Gasteiger partial charge on any atom is 0.408 e. The highest BCUT2D eigenvalue weighted by atomic mass is 16.5. The maximum absolute atomic E-state index is 12.5. The highest BCUT2D eigenvalue weighted by Crippen LogP contribution is 2.10. The number of hydrogen-bond donors (Lipinski definition) is 4. The van der Waals surface area contributed by atoms with Gasteiger partial charge in [0.2, 0.25) is 11.8 Å². The van der Waals surface area contributed by atoms with Gasteiger partial charge in [0.05, 0.1) is 23.3 Å². The van der Waals surface area contributed by atoms with Gasteiger partial charge in [-0.15, -0.1) is 0 Å². The molecule has 3 amide bonds. The second-order valence-corrected chi connectivity index (χ2v) is 6.96. The average molecular weight is 437 g/mol. The molecule has 32 heavy (non-hydrogen) atoms. The predicted octanol–water partition coefficient (Wildman–Crippen LogP) is 0.430. The fourth-order valence-corrected chi connectivity index (χ4v) is 2.90. The van der Waals surface area contributed by atoms with E-state index in [1.54, 1.807) is 36.4 Å². The number of para-hydroxylation sites is 2. The number of carbonyl (C=O) groups is 3. The number of nitrogens with two attached hydrogens (primary N) is 1. The Morgan fingerprint density at radius 2 is 1.66 bits per heavy atom. The summed E-state index contributed by atoms with van der Waals surface area (Å²) in [5.41, 5.74) is 7.96. The van der Waals surface area contributed by atoms with Gasteiger partial charge in [0.15, 0.2) is 0 Å². The number of nitrogens with one attached hydrogen (secondary N) is 2. The van der Waals surface area contributed by atoms with Crippen LogP contribution in [0.3, 0.4) is 0 Å². The number of hydrogen-bond acceptors (Lipinski definition) is 7. The first-order valence-corrected chi connectivity index (χ1v) is 9.84. The summed E-state index contributed by atoms with van der Waals surface area (Å²) >= 11 is 0. The van der Waals surface area contributed by atoms with Gasteiger partial charge in [0.1, 0.15) is 18.7 Å². The number of rotatable bonds is 9. The monoisotopic (exact) mass is 437 g/mol. The Balaban J connectivity index is 1.59. The summed E-state index contributed by atoms with van der Waals surface area (Å²) in [5.74, 6) is -1.58. The van der Waals surface area contributed by atoms with Gasteiger partial charge in [-0.3, -0.25) is 14.6 Å². The van der Waals surface area contributed by atoms with Crippen molar-refractivity contribution in [1.29, 1.82) is 0 Å². The van der Waals surface area contributed by atoms with Crippen LogP contribution in [0.5, 0.6) is 0 Å². The van der Waals surface area contributed by atoms with Crippen molar-refractivity contribution in [2.45, 2.75) is 25.1 Å². The third-order valence-electron chi connectivity index (χ3n) is 4.58. The quantitative estimate of drug-likeness (QED) is 0.378. The molecule has 2 aromatic carbocycles. The van der Waals surface area contributed by atoms with E-state index in [1.165, 1.54) is 6.20 Å². The molecule has 10 nitrogen and oxygen atoms in total. The molecule has 3 rings (SSSR count). The Bertz CT molecular complexity index is 1090. The topological polar surface area (TPSA) is 157 Å². The Labute approximate surface area is 183 Å². The van der Waals surface area contributed by atoms with Crippen LogP contribution < -0.4 is 16.4 Å². The number of alkyl carbamates (subject to hydrolysis) is 1. The van der Waals surface area contributed by atoms with E-state index in [-0.39, 0.29) is 13.0 Å². The van der Waals surface area contributed by atoms with E-state index in [0.29, 0.717) is 16.7 Å². The van der Waals surface area contributed by atoms with Crippen LogP contribution in [0, 0.1) is 0 Å². The molecule has 0 radical (unpaired) electrons. The minimum atomic E-state index is -1.33. The molecule has 0 aliphatic rings. The van der Waals surface area contributed by atoms with Crippen LogP contribution in [0.2, 0.25) is 0 Å². The van der Waals surface area contributed by atoms with Crippen molar-refractivity contribution in [2.75, 3.05) is 6.61 Å². The van der Waals surface area contributed by atoms with Gasteiger partial charge < -0.3 is 26.2 Å². The summed E-state index contributed by atoms with van der Waals surface area (Å²) < 4.78 is 5.05. The lowest BCUT2D eigenvalue weighted by atomic mass is 10.1. The molecule has 3 aromatic rings. The first kappa shape index (κ1) is 22.6. The van der Waals surface area contributed by atoms with Crippen molar-refractivity contribution >= 4 is 28.9 Å². The lowest BCUT2D eigenvalue weighted by Crippen LogP contribution is -2.55. The number of amides is 3. The molecule has 0 saturated carbocycles. The number of benzene rings is 2. The fraction of sp³-hybridized carbons (Fsp3) is 0.227. The van der Waals surface area contributed by atoms with Crippen LogP contribution in [0.15, 0.2) is 60.8 Å². The molecule has 0 unspecified atom stereocenters. The molecule has 0 saturated heterocycles. The first-order chi connectivity index (χ1) is 15.5. The zero-order valence-electron chi connectivity index (χ0n) is 17.1. The number of fused-ring (bicyclic) bond motifs is 1. The summed E-state index contributed by atoms with van der Waals surface area (Å²) in [4.78, 5) is 45.1. The number of nitrogens with zero attached hydrogens (tertiary/aromatic N) is 2. The van der Waals surface area contributed by atoms with Crippen molar-refractivity contribution in [3.05, 3.63) is 72.1 Å². The van der Waals surface area contributed by atoms with Crippen molar-refractivity contribution < 1.29 is 24.2 Å². The molecule has 0 aliphatic carbocycles. The van der Waals surface area contributed by atoms with Crippen LogP contribution >= 0.6 is 0 Å². The SMILES string of the molecule is NC(=O)[C@H](Cc1cnc2ccccc2n1)NC(=O)[C@H](CO)NC(=O)OCc1ccccc1. The summed E-state index contributed by atoms with van der Waals surface area (Å²) in [5, 5.41) is 14.2. The molecule has 1 heterocycles. The summed E-state index contributed by atoms with van der Waals surface area (Å²) in [7, 11) is 0. The molecule has 166 valence electrons. The van der Waals surface area contributed by atoms with E-state index in [4.69, 9.17) is 10.5 Å². The van der Waals surface area contributed by atoms with Gasteiger partial charge in [0, 0.05) is 12.6 Å². The van der Waals surface area contributed by atoms with Gasteiger partial charge in [-0.1, -0.05) is 42.5 Å². The summed E-state index contributed by atoms with van der Waals surface area (Å²) in [6.07, 6.45) is 0.599. The molecular formula is C22H23N5O5. The number of aromatic nitrogens is 2. The van der Waals surface area contributed by atoms with E-state index in [9.17, 15) is 19.5 Å². The second-order valence-electron chi connectivity index (χ2n) is 6.96. The Morgan fingerprint density at radius 3 is 2.34 bits per heavy atom. The maximum atomic E-state index is 12.5. The van der Waals surface area contributed by atoms with Crippen LogP contribution in [0.25, 0.3) is 11.0 Å². The third-order valence-corrected chi connectivity index (χ3v) is 4.58. The van der Waals surface area contributed by atoms with E-state index in [0.717, 1.165) is 5.56 Å². The van der Waals surface area contributed by atoms with Crippen LogP contribution in [0.4, 0.5) is 4.79 Å². The minimum Gasteiger partial charge on any atom is -0.445 e. The number of aliphatic hydroxyl groups excluding tert-OH is 1. The summed E-state index contributed by atoms with van der Waals surface area (Å²) in [6, 6.07) is 13.7. The zero-order chi connectivity index (χ0) is 22.9. The number of ether oxygens (including phenoxy) is 1. The van der Waals surface area contributed by atoms with Gasteiger partial charge in [-0.25, -0.2) is 9.78 Å². The number of aliphatic hydroxyl groups is 1. The van der Waals surface area contributed by atoms with Crippen LogP contribution in [0.1, 0.15) is 11.3 Å². The van der Waals surface area contributed by atoms with E-state index < -0.39 is 36.6 Å². The van der Waals surface area contributed by atoms with Crippen molar-refractivity contribution in [3.8, 4) is 0 Å². The fourth-order valence-electron chi connectivity index (χ4n) is 2.90. The van der Waals surface area contributed by atoms with Gasteiger partial charge in [-0.05, 0) is 17.7 Å². The minimum absolute atomic E-state index is 0.00299. The largest absolute Gasteiger partial charge is 0.445 e. The standard InChI is InChI=1S/C22H23N5O5/c23-20(29)18(10-15-11-24-16-8-4-5-9-17(16)25-15)26-21(30)19(12-28)27-22(31)32-13-14-6-2-1-3-7-14/h1-9,11,18-19,28H,10,12-13H2,(H2,23,29)(H,26,30)(H,27,31)/t18-,19-/m0/s1. The molecule has 0 aliphatic heterocycles. The molecule has 2 atom stereocenters. The third kappa shape index (κ3) is 6.22. The van der Waals surface area contributed by atoms with Gasteiger partial charge in [-0.2, -0.15) is 0 Å². The molecular weight excluding hydrogens is 414 g/mol. The lowest BCUT2D eigenvalue weighted by molar-refractivity contribution is -0.129. The normalized spacial score (nSPS) is 12.5. The zero-order valence-corrected chi connectivity index (χ0v) is 17.1. The molecule has 0 fully saturated rings. The second kappa shape index (κ2) is 10.8. The molecule has 0 spiro atoms. The Hall–Kier alpha value is -4.05. The average Bonchev–Trinajstić information content (AvgIpc) is 2.81. The van der Waals surface area contributed by atoms with Crippen LogP contribution in [-0.4, -0.2) is 51.7 Å². The smallest absolute Gasteiger partial charge is 0.408 e. The Kier molecular flexibility index (Phi) is 7.65. The molecule has 10 heteroatoms.